The Labute approximate surface area is 96.6 Å². The Morgan fingerprint density at radius 3 is 3.20 bits per heavy atom. The fourth-order valence-corrected chi connectivity index (χ4v) is 2.94. The third-order valence-corrected chi connectivity index (χ3v) is 3.42. The number of nitrogens with zero attached hydrogens (tertiary/aromatic N) is 2. The van der Waals surface area contributed by atoms with Crippen molar-refractivity contribution in [2.45, 2.75) is 20.0 Å². The van der Waals surface area contributed by atoms with Gasteiger partial charge in [0.2, 0.25) is 0 Å². The first-order valence-electron chi connectivity index (χ1n) is 5.11. The van der Waals surface area contributed by atoms with Crippen molar-refractivity contribution in [1.29, 1.82) is 0 Å². The topological polar surface area (TPSA) is 29.9 Å². The molecule has 0 atom stereocenters. The van der Waals surface area contributed by atoms with Crippen LogP contribution in [0.3, 0.4) is 0 Å². The zero-order chi connectivity index (χ0) is 10.4. The van der Waals surface area contributed by atoms with Gasteiger partial charge in [0.15, 0.2) is 0 Å². The number of nitrogens with one attached hydrogen (secondary N) is 1. The van der Waals surface area contributed by atoms with Crippen molar-refractivity contribution < 1.29 is 0 Å². The van der Waals surface area contributed by atoms with Crippen molar-refractivity contribution in [3.8, 4) is 0 Å². The molecule has 2 heterocycles. The minimum atomic E-state index is 0.875. The molecule has 1 N–H and O–H groups in total. The molecule has 0 bridgehead atoms. The van der Waals surface area contributed by atoms with E-state index in [1.165, 1.54) is 11.1 Å². The summed E-state index contributed by atoms with van der Waals surface area (Å²) in [4.78, 5) is 4.65. The molecule has 3 nitrogen and oxygen atoms in total. The van der Waals surface area contributed by atoms with Crippen LogP contribution in [0.5, 0.6) is 0 Å². The highest BCUT2D eigenvalue weighted by Gasteiger charge is 2.15. The lowest BCUT2D eigenvalue weighted by molar-refractivity contribution is 0.514. The van der Waals surface area contributed by atoms with E-state index in [0.29, 0.717) is 0 Å². The largest absolute Gasteiger partial charge is 0.325 e. The Hall–Kier alpha value is -0.870. The lowest BCUT2D eigenvalue weighted by Gasteiger charge is -2.15. The van der Waals surface area contributed by atoms with Gasteiger partial charge in [0.25, 0.3) is 0 Å². The number of fused-ring (bicyclic) bond motifs is 3. The van der Waals surface area contributed by atoms with Gasteiger partial charge in [0.05, 0.1) is 17.6 Å². The van der Waals surface area contributed by atoms with E-state index in [4.69, 9.17) is 0 Å². The summed E-state index contributed by atoms with van der Waals surface area (Å²) in [6.45, 7) is 5.01. The van der Waals surface area contributed by atoms with Gasteiger partial charge in [0, 0.05) is 17.6 Å². The molecule has 0 saturated heterocycles. The van der Waals surface area contributed by atoms with Crippen LogP contribution in [0.1, 0.15) is 11.4 Å². The summed E-state index contributed by atoms with van der Waals surface area (Å²) in [5, 5.41) is 3.34. The molecule has 1 aromatic heterocycles. The third kappa shape index (κ3) is 1.40. The van der Waals surface area contributed by atoms with Crippen LogP contribution in [0, 0.1) is 6.92 Å². The molecule has 78 valence electrons. The maximum absolute atomic E-state index is 4.65. The van der Waals surface area contributed by atoms with Crippen LogP contribution < -0.4 is 5.32 Å². The van der Waals surface area contributed by atoms with E-state index in [-0.39, 0.29) is 0 Å². The van der Waals surface area contributed by atoms with E-state index in [2.05, 4.69) is 49.9 Å². The predicted molar refractivity (Wildman–Crippen MR) is 63.9 cm³/mol. The monoisotopic (exact) mass is 265 g/mol. The van der Waals surface area contributed by atoms with Crippen LogP contribution in [-0.4, -0.2) is 16.1 Å². The highest BCUT2D eigenvalue weighted by atomic mass is 79.9. The van der Waals surface area contributed by atoms with Gasteiger partial charge in [-0.2, -0.15) is 0 Å². The van der Waals surface area contributed by atoms with Crippen molar-refractivity contribution in [3.05, 3.63) is 28.0 Å². The van der Waals surface area contributed by atoms with Crippen molar-refractivity contribution in [2.75, 3.05) is 6.54 Å². The Morgan fingerprint density at radius 2 is 2.33 bits per heavy atom. The highest BCUT2D eigenvalue weighted by molar-refractivity contribution is 9.10. The van der Waals surface area contributed by atoms with E-state index in [0.717, 1.165) is 35.4 Å². The number of halogens is 1. The van der Waals surface area contributed by atoms with Gasteiger partial charge in [-0.3, -0.25) is 0 Å². The molecule has 3 rings (SSSR count). The number of benzene rings is 1. The average Bonchev–Trinajstić information content (AvgIpc) is 2.54. The molecule has 0 spiro atoms. The Morgan fingerprint density at radius 1 is 1.47 bits per heavy atom. The second-order valence-electron chi connectivity index (χ2n) is 3.97. The summed E-state index contributed by atoms with van der Waals surface area (Å²) in [7, 11) is 0. The normalized spacial score (nSPS) is 15.6. The van der Waals surface area contributed by atoms with Gasteiger partial charge in [-0.1, -0.05) is 0 Å². The molecule has 4 heteroatoms. The van der Waals surface area contributed by atoms with Crippen LogP contribution in [0.15, 0.2) is 16.6 Å². The molecule has 0 radical (unpaired) electrons. The number of aromatic nitrogens is 2. The van der Waals surface area contributed by atoms with Gasteiger partial charge in [-0.15, -0.1) is 0 Å². The first kappa shape index (κ1) is 9.36. The Bertz CT molecular complexity index is 530. The fraction of sp³-hybridized carbons (Fsp3) is 0.364. The van der Waals surface area contributed by atoms with Crippen LogP contribution in [-0.2, 0) is 13.1 Å². The summed E-state index contributed by atoms with van der Waals surface area (Å²) in [6, 6.07) is 4.30. The number of hydrogen-bond acceptors (Lipinski definition) is 2. The molecule has 0 amide bonds. The van der Waals surface area contributed by atoms with E-state index in [1.54, 1.807) is 0 Å². The van der Waals surface area contributed by atoms with Crippen LogP contribution >= 0.6 is 15.9 Å². The number of imidazole rings is 1. The average molecular weight is 266 g/mol. The van der Waals surface area contributed by atoms with Crippen molar-refractivity contribution in [1.82, 2.24) is 14.9 Å². The van der Waals surface area contributed by atoms with Crippen molar-refractivity contribution >= 4 is 27.0 Å². The zero-order valence-corrected chi connectivity index (χ0v) is 10.1. The SMILES string of the molecule is Cc1cc(Br)c2c(c1)nc1n2CCNC1. The van der Waals surface area contributed by atoms with Gasteiger partial charge in [-0.05, 0) is 40.5 Å². The van der Waals surface area contributed by atoms with E-state index in [1.807, 2.05) is 0 Å². The summed E-state index contributed by atoms with van der Waals surface area (Å²) < 4.78 is 3.45. The molecule has 0 aliphatic carbocycles. The maximum atomic E-state index is 4.65. The predicted octanol–water partition coefficient (Wildman–Crippen LogP) is 2.21. The van der Waals surface area contributed by atoms with Crippen LogP contribution in [0.25, 0.3) is 11.0 Å². The minimum absolute atomic E-state index is 0.875. The lowest BCUT2D eigenvalue weighted by Crippen LogP contribution is -2.28. The van der Waals surface area contributed by atoms with Crippen molar-refractivity contribution in [2.24, 2.45) is 0 Å². The quantitative estimate of drug-likeness (QED) is 0.792. The Kier molecular flexibility index (Phi) is 2.07. The second-order valence-corrected chi connectivity index (χ2v) is 4.83. The lowest BCUT2D eigenvalue weighted by atomic mass is 10.2. The molecule has 1 aliphatic heterocycles. The molecule has 2 aromatic rings. The summed E-state index contributed by atoms with van der Waals surface area (Å²) in [5.41, 5.74) is 3.58. The first-order chi connectivity index (χ1) is 7.25. The van der Waals surface area contributed by atoms with Crippen LogP contribution in [0.2, 0.25) is 0 Å². The summed E-state index contributed by atoms with van der Waals surface area (Å²) in [6.07, 6.45) is 0. The molecular formula is C11H12BrN3. The standard InChI is InChI=1S/C11H12BrN3/c1-7-4-8(12)11-9(5-7)14-10-6-13-2-3-15(10)11/h4-5,13H,2-3,6H2,1H3. The molecule has 1 aromatic carbocycles. The number of aryl methyl sites for hydroxylation is 1. The van der Waals surface area contributed by atoms with Gasteiger partial charge in [0.1, 0.15) is 5.82 Å². The van der Waals surface area contributed by atoms with Gasteiger partial charge < -0.3 is 9.88 Å². The molecule has 0 saturated carbocycles. The third-order valence-electron chi connectivity index (χ3n) is 2.81. The summed E-state index contributed by atoms with van der Waals surface area (Å²) >= 11 is 3.62. The maximum Gasteiger partial charge on any atom is 0.123 e. The molecule has 1 aliphatic rings. The Balaban J connectivity index is 2.37. The minimum Gasteiger partial charge on any atom is -0.325 e. The second kappa shape index (κ2) is 3.32. The van der Waals surface area contributed by atoms with Gasteiger partial charge >= 0.3 is 0 Å². The molecule has 0 unspecified atom stereocenters. The summed E-state index contributed by atoms with van der Waals surface area (Å²) in [5.74, 6) is 1.14. The van der Waals surface area contributed by atoms with Crippen LogP contribution in [0.4, 0.5) is 0 Å². The number of hydrogen-bond donors (Lipinski definition) is 1. The van der Waals surface area contributed by atoms with E-state index < -0.39 is 0 Å². The zero-order valence-electron chi connectivity index (χ0n) is 8.55. The highest BCUT2D eigenvalue weighted by Crippen LogP contribution is 2.27. The first-order valence-corrected chi connectivity index (χ1v) is 5.91. The fourth-order valence-electron chi connectivity index (χ4n) is 2.16. The van der Waals surface area contributed by atoms with E-state index in [9.17, 15) is 0 Å². The smallest absolute Gasteiger partial charge is 0.123 e. The van der Waals surface area contributed by atoms with E-state index >= 15 is 0 Å². The molecule has 0 fully saturated rings. The van der Waals surface area contributed by atoms with Crippen molar-refractivity contribution in [3.63, 3.8) is 0 Å². The molecular weight excluding hydrogens is 254 g/mol. The molecule has 15 heavy (non-hydrogen) atoms. The van der Waals surface area contributed by atoms with Gasteiger partial charge in [-0.25, -0.2) is 4.98 Å². The number of rotatable bonds is 0.